The van der Waals surface area contributed by atoms with Crippen LogP contribution in [0.5, 0.6) is 0 Å². The molecule has 0 aliphatic rings. The lowest BCUT2D eigenvalue weighted by Crippen LogP contribution is -2.42. The molecule has 0 saturated carbocycles. The van der Waals surface area contributed by atoms with Crippen molar-refractivity contribution in [1.82, 2.24) is 16.0 Å². The average Bonchev–Trinajstić information content (AvgIpc) is 2.94. The van der Waals surface area contributed by atoms with Gasteiger partial charge in [-0.15, -0.1) is 0 Å². The van der Waals surface area contributed by atoms with Gasteiger partial charge in [-0.25, -0.2) is 0 Å². The van der Waals surface area contributed by atoms with Gasteiger partial charge in [0.2, 0.25) is 0 Å². The Morgan fingerprint density at radius 2 is 1.75 bits per heavy atom. The van der Waals surface area contributed by atoms with Gasteiger partial charge in [0.15, 0.2) is 5.76 Å². The summed E-state index contributed by atoms with van der Waals surface area (Å²) in [6.07, 6.45) is 0. The number of nitro groups is 1. The van der Waals surface area contributed by atoms with Crippen LogP contribution >= 0.6 is 0 Å². The zero-order chi connectivity index (χ0) is 17.9. The summed E-state index contributed by atoms with van der Waals surface area (Å²) in [7, 11) is 0. The van der Waals surface area contributed by atoms with Gasteiger partial charge in [0.1, 0.15) is 5.56 Å². The van der Waals surface area contributed by atoms with E-state index in [0.29, 0.717) is 11.5 Å². The number of aryl methyl sites for hydroxylation is 1. The predicted molar refractivity (Wildman–Crippen MR) is 83.4 cm³/mol. The number of hydrogen-bond donors (Lipinski definition) is 2. The van der Waals surface area contributed by atoms with Gasteiger partial charge in [0, 0.05) is 23.6 Å². The van der Waals surface area contributed by atoms with Crippen molar-refractivity contribution in [3.8, 4) is 0 Å². The highest BCUT2D eigenvalue weighted by molar-refractivity contribution is 6.00. The van der Waals surface area contributed by atoms with Crippen molar-refractivity contribution in [2.24, 2.45) is 0 Å². The van der Waals surface area contributed by atoms with Gasteiger partial charge in [0.05, 0.1) is 10.6 Å². The highest BCUT2D eigenvalue weighted by Gasteiger charge is 2.23. The Kier molecular flexibility index (Phi) is 4.93. The molecule has 0 radical (unpaired) electrons. The largest absolute Gasteiger partial charge is 0.360 e. The molecule has 2 aromatic rings. The van der Waals surface area contributed by atoms with E-state index in [4.69, 9.17) is 4.52 Å². The molecule has 0 atom stereocenters. The quantitative estimate of drug-likeness (QED) is 0.652. The number of amides is 2. The molecule has 9 heteroatoms. The van der Waals surface area contributed by atoms with Crippen molar-refractivity contribution in [2.75, 3.05) is 0 Å². The molecule has 0 unspecified atom stereocenters. The molecule has 24 heavy (non-hydrogen) atoms. The van der Waals surface area contributed by atoms with Crippen molar-refractivity contribution < 1.29 is 19.0 Å². The molecule has 0 spiro atoms. The van der Waals surface area contributed by atoms with Crippen molar-refractivity contribution in [1.29, 1.82) is 0 Å². The Morgan fingerprint density at radius 3 is 2.29 bits per heavy atom. The van der Waals surface area contributed by atoms with Crippen LogP contribution in [0.15, 0.2) is 28.8 Å². The fraction of sp³-hybridized carbons (Fsp3) is 0.267. The van der Waals surface area contributed by atoms with Crippen molar-refractivity contribution in [3.63, 3.8) is 0 Å². The second-order valence-corrected chi connectivity index (χ2v) is 5.37. The maximum atomic E-state index is 12.2. The molecular weight excluding hydrogens is 316 g/mol. The van der Waals surface area contributed by atoms with Gasteiger partial charge in [-0.3, -0.25) is 30.6 Å². The molecule has 0 aliphatic heterocycles. The van der Waals surface area contributed by atoms with Crippen LogP contribution < -0.4 is 10.9 Å². The van der Waals surface area contributed by atoms with Crippen LogP contribution in [-0.4, -0.2) is 21.9 Å². The lowest BCUT2D eigenvalue weighted by atomic mass is 10.0. The fourth-order valence-electron chi connectivity index (χ4n) is 2.04. The number of hydrazine groups is 1. The van der Waals surface area contributed by atoms with Crippen LogP contribution in [0.2, 0.25) is 0 Å². The van der Waals surface area contributed by atoms with E-state index >= 15 is 0 Å². The van der Waals surface area contributed by atoms with E-state index in [1.807, 2.05) is 13.8 Å². The van der Waals surface area contributed by atoms with E-state index in [9.17, 15) is 19.7 Å². The maximum absolute atomic E-state index is 12.2. The lowest BCUT2D eigenvalue weighted by molar-refractivity contribution is -0.384. The maximum Gasteiger partial charge on any atom is 0.275 e. The third kappa shape index (κ3) is 3.57. The van der Waals surface area contributed by atoms with Gasteiger partial charge in [0.25, 0.3) is 17.5 Å². The Balaban J connectivity index is 2.05. The minimum absolute atomic E-state index is 0.0441. The number of nitrogens with one attached hydrogen (secondary N) is 2. The number of non-ortho nitro benzene ring substituents is 1. The summed E-state index contributed by atoms with van der Waals surface area (Å²) in [6.45, 7) is 5.33. The minimum atomic E-state index is -0.599. The molecule has 0 bridgehead atoms. The molecule has 2 N–H and O–H groups in total. The summed E-state index contributed by atoms with van der Waals surface area (Å²) in [5, 5.41) is 14.3. The van der Waals surface area contributed by atoms with E-state index in [1.54, 1.807) is 6.92 Å². The predicted octanol–water partition coefficient (Wildman–Crippen LogP) is 2.09. The van der Waals surface area contributed by atoms with E-state index in [0.717, 1.165) is 0 Å². The topological polar surface area (TPSA) is 127 Å². The molecule has 1 heterocycles. The molecule has 2 amide bonds. The first-order valence-corrected chi connectivity index (χ1v) is 7.12. The van der Waals surface area contributed by atoms with Gasteiger partial charge in [-0.2, -0.15) is 0 Å². The number of nitrogens with zero attached hydrogens (tertiary/aromatic N) is 2. The first-order valence-electron chi connectivity index (χ1n) is 7.12. The van der Waals surface area contributed by atoms with Gasteiger partial charge >= 0.3 is 0 Å². The van der Waals surface area contributed by atoms with Crippen molar-refractivity contribution in [3.05, 3.63) is 57.0 Å². The van der Waals surface area contributed by atoms with E-state index in [2.05, 4.69) is 16.0 Å². The first kappa shape index (κ1) is 17.1. The van der Waals surface area contributed by atoms with Crippen molar-refractivity contribution >= 4 is 17.5 Å². The molecule has 1 aromatic carbocycles. The molecule has 2 rings (SSSR count). The monoisotopic (exact) mass is 332 g/mol. The summed E-state index contributed by atoms with van der Waals surface area (Å²) in [4.78, 5) is 34.2. The van der Waals surface area contributed by atoms with E-state index in [-0.39, 0.29) is 22.7 Å². The van der Waals surface area contributed by atoms with Crippen LogP contribution in [0.25, 0.3) is 0 Å². The number of hydrogen-bond acceptors (Lipinski definition) is 6. The Morgan fingerprint density at radius 1 is 1.17 bits per heavy atom. The molecule has 0 fully saturated rings. The van der Waals surface area contributed by atoms with Gasteiger partial charge < -0.3 is 4.52 Å². The highest BCUT2D eigenvalue weighted by Crippen LogP contribution is 2.21. The fourth-order valence-corrected chi connectivity index (χ4v) is 2.04. The number of rotatable bonds is 4. The Labute approximate surface area is 137 Å². The third-order valence-corrected chi connectivity index (χ3v) is 3.27. The van der Waals surface area contributed by atoms with E-state index in [1.165, 1.54) is 24.3 Å². The summed E-state index contributed by atoms with van der Waals surface area (Å²) in [5.41, 5.74) is 5.27. The molecule has 0 saturated heterocycles. The summed E-state index contributed by atoms with van der Waals surface area (Å²) >= 11 is 0. The number of nitro benzene ring substituents is 1. The average molecular weight is 332 g/mol. The SMILES string of the molecule is Cc1noc(C(C)C)c1C(=O)NNC(=O)c1ccc([N+](=O)[O-])cc1. The number of carbonyl (C=O) groups is 2. The minimum Gasteiger partial charge on any atom is -0.360 e. The van der Waals surface area contributed by atoms with Crippen LogP contribution in [-0.2, 0) is 0 Å². The van der Waals surface area contributed by atoms with Gasteiger partial charge in [-0.1, -0.05) is 19.0 Å². The zero-order valence-electron chi connectivity index (χ0n) is 13.3. The molecule has 9 nitrogen and oxygen atoms in total. The molecule has 0 aliphatic carbocycles. The summed E-state index contributed by atoms with van der Waals surface area (Å²) in [5.74, 6) is -0.766. The van der Waals surface area contributed by atoms with Gasteiger partial charge in [-0.05, 0) is 19.1 Å². The second kappa shape index (κ2) is 6.90. The number of aromatic nitrogens is 1. The standard InChI is InChI=1S/C15H16N4O5/c1-8(2)13-12(9(3)18-24-13)15(21)17-16-14(20)10-4-6-11(7-5-10)19(22)23/h4-8H,1-3H3,(H,16,20)(H,17,21). The lowest BCUT2D eigenvalue weighted by Gasteiger charge is -2.08. The van der Waals surface area contributed by atoms with Crippen LogP contribution in [0.4, 0.5) is 5.69 Å². The molecule has 1 aromatic heterocycles. The zero-order valence-corrected chi connectivity index (χ0v) is 13.3. The smallest absolute Gasteiger partial charge is 0.275 e. The number of benzene rings is 1. The summed E-state index contributed by atoms with van der Waals surface area (Å²) in [6, 6.07) is 5.00. The number of carbonyl (C=O) groups excluding carboxylic acids is 2. The normalized spacial score (nSPS) is 10.5. The van der Waals surface area contributed by atoms with E-state index < -0.39 is 16.7 Å². The van der Waals surface area contributed by atoms with Crippen LogP contribution in [0.3, 0.4) is 0 Å². The second-order valence-electron chi connectivity index (χ2n) is 5.37. The van der Waals surface area contributed by atoms with Crippen LogP contribution in [0, 0.1) is 17.0 Å². The highest BCUT2D eigenvalue weighted by atomic mass is 16.6. The molecule has 126 valence electrons. The Hall–Kier alpha value is -3.23. The first-order chi connectivity index (χ1) is 11.3. The molecular formula is C15H16N4O5. The summed E-state index contributed by atoms with van der Waals surface area (Å²) < 4.78 is 5.12. The third-order valence-electron chi connectivity index (χ3n) is 3.27. The Bertz CT molecular complexity index is 780. The van der Waals surface area contributed by atoms with Crippen LogP contribution in [0.1, 0.15) is 51.9 Å². The van der Waals surface area contributed by atoms with Crippen molar-refractivity contribution in [2.45, 2.75) is 26.7 Å².